The van der Waals surface area contributed by atoms with E-state index in [1.54, 1.807) is 14.2 Å². The van der Waals surface area contributed by atoms with Crippen LogP contribution in [0.15, 0.2) is 4.99 Å². The van der Waals surface area contributed by atoms with Gasteiger partial charge in [0, 0.05) is 26.7 Å². The third-order valence-corrected chi connectivity index (χ3v) is 3.07. The molecule has 0 aliphatic heterocycles. The number of methoxy groups -OCH3 is 1. The number of nitrogens with one attached hydrogen (secondary N) is 2. The molecule has 120 valence electrons. The van der Waals surface area contributed by atoms with Gasteiger partial charge in [-0.25, -0.2) is 0 Å². The Labute approximate surface area is 124 Å². The quantitative estimate of drug-likeness (QED) is 0.328. The maximum absolute atomic E-state index is 5.40. The van der Waals surface area contributed by atoms with Crippen LogP contribution in [-0.4, -0.2) is 52.5 Å². The number of hydrogen-bond donors (Lipinski definition) is 2. The first-order valence-corrected chi connectivity index (χ1v) is 7.78. The molecule has 0 aromatic rings. The zero-order valence-corrected chi connectivity index (χ0v) is 13.7. The summed E-state index contributed by atoms with van der Waals surface area (Å²) >= 11 is 0. The Morgan fingerprint density at radius 2 is 1.95 bits per heavy atom. The first-order valence-electron chi connectivity index (χ1n) is 7.78. The van der Waals surface area contributed by atoms with Gasteiger partial charge in [0.25, 0.3) is 0 Å². The van der Waals surface area contributed by atoms with E-state index >= 15 is 0 Å². The lowest BCUT2D eigenvalue weighted by Crippen LogP contribution is -2.43. The summed E-state index contributed by atoms with van der Waals surface area (Å²) in [6, 6.07) is 0.451. The minimum absolute atomic E-state index is 0.451. The number of aliphatic imine (C=N–C) groups is 1. The first-order chi connectivity index (χ1) is 9.74. The van der Waals surface area contributed by atoms with Gasteiger partial charge in [-0.2, -0.15) is 0 Å². The van der Waals surface area contributed by atoms with Crippen LogP contribution in [0.4, 0.5) is 0 Å². The standard InChI is InChI=1S/C15H33N3O2/c1-5-6-7-8-9-14(2)18-15(16-3)17-10-11-20-13-12-19-4/h14H,5-13H2,1-4H3,(H2,16,17,18). The third-order valence-electron chi connectivity index (χ3n) is 3.07. The minimum atomic E-state index is 0.451. The van der Waals surface area contributed by atoms with Crippen molar-refractivity contribution in [1.82, 2.24) is 10.6 Å². The van der Waals surface area contributed by atoms with E-state index in [1.807, 2.05) is 0 Å². The average Bonchev–Trinajstić information content (AvgIpc) is 2.46. The molecule has 0 heterocycles. The van der Waals surface area contributed by atoms with Crippen LogP contribution in [0.2, 0.25) is 0 Å². The second-order valence-electron chi connectivity index (χ2n) is 5.00. The Morgan fingerprint density at radius 1 is 1.15 bits per heavy atom. The molecule has 1 atom stereocenters. The maximum Gasteiger partial charge on any atom is 0.191 e. The lowest BCUT2D eigenvalue weighted by atomic mass is 10.1. The number of guanidine groups is 1. The summed E-state index contributed by atoms with van der Waals surface area (Å²) in [7, 11) is 3.47. The van der Waals surface area contributed by atoms with Gasteiger partial charge >= 0.3 is 0 Å². The van der Waals surface area contributed by atoms with E-state index in [1.165, 1.54) is 32.1 Å². The van der Waals surface area contributed by atoms with E-state index in [2.05, 4.69) is 29.5 Å². The Hall–Kier alpha value is -0.810. The van der Waals surface area contributed by atoms with Crippen molar-refractivity contribution in [3.05, 3.63) is 0 Å². The van der Waals surface area contributed by atoms with Crippen LogP contribution in [0.5, 0.6) is 0 Å². The molecule has 0 saturated heterocycles. The van der Waals surface area contributed by atoms with Gasteiger partial charge in [0.1, 0.15) is 0 Å². The van der Waals surface area contributed by atoms with Crippen LogP contribution in [-0.2, 0) is 9.47 Å². The van der Waals surface area contributed by atoms with Gasteiger partial charge in [-0.05, 0) is 13.3 Å². The van der Waals surface area contributed by atoms with E-state index in [4.69, 9.17) is 9.47 Å². The van der Waals surface area contributed by atoms with Crippen molar-refractivity contribution in [1.29, 1.82) is 0 Å². The summed E-state index contributed by atoms with van der Waals surface area (Å²) < 4.78 is 10.3. The lowest BCUT2D eigenvalue weighted by Gasteiger charge is -2.17. The van der Waals surface area contributed by atoms with Crippen molar-refractivity contribution >= 4 is 5.96 Å². The highest BCUT2D eigenvalue weighted by molar-refractivity contribution is 5.79. The third kappa shape index (κ3) is 12.2. The zero-order chi connectivity index (χ0) is 15.1. The summed E-state index contributed by atoms with van der Waals surface area (Å²) in [5.74, 6) is 0.850. The largest absolute Gasteiger partial charge is 0.382 e. The van der Waals surface area contributed by atoms with Gasteiger partial charge in [0.2, 0.25) is 0 Å². The molecule has 2 N–H and O–H groups in total. The minimum Gasteiger partial charge on any atom is -0.382 e. The Morgan fingerprint density at radius 3 is 2.60 bits per heavy atom. The summed E-state index contributed by atoms with van der Waals surface area (Å²) in [4.78, 5) is 4.22. The Kier molecular flexibility index (Phi) is 14.0. The van der Waals surface area contributed by atoms with Crippen molar-refractivity contribution in [2.24, 2.45) is 4.99 Å². The predicted octanol–water partition coefficient (Wildman–Crippen LogP) is 2.17. The van der Waals surface area contributed by atoms with Gasteiger partial charge in [0.15, 0.2) is 5.96 Å². The SMILES string of the molecule is CCCCCCC(C)NC(=NC)NCCOCCOC. The van der Waals surface area contributed by atoms with Crippen LogP contribution in [0.3, 0.4) is 0 Å². The average molecular weight is 287 g/mol. The van der Waals surface area contributed by atoms with Gasteiger partial charge in [0.05, 0.1) is 19.8 Å². The summed E-state index contributed by atoms with van der Waals surface area (Å²) in [6.45, 7) is 7.14. The molecule has 0 aromatic heterocycles. The molecule has 0 amide bonds. The first kappa shape index (κ1) is 19.2. The highest BCUT2D eigenvalue weighted by Crippen LogP contribution is 2.04. The monoisotopic (exact) mass is 287 g/mol. The number of hydrogen-bond acceptors (Lipinski definition) is 3. The van der Waals surface area contributed by atoms with Crippen molar-refractivity contribution < 1.29 is 9.47 Å². The molecule has 0 aromatic carbocycles. The normalized spacial score (nSPS) is 13.3. The predicted molar refractivity (Wildman–Crippen MR) is 85.4 cm³/mol. The fraction of sp³-hybridized carbons (Fsp3) is 0.933. The second kappa shape index (κ2) is 14.6. The van der Waals surface area contributed by atoms with Crippen LogP contribution in [0, 0.1) is 0 Å². The number of unbranched alkanes of at least 4 members (excludes halogenated alkanes) is 3. The van der Waals surface area contributed by atoms with Crippen molar-refractivity contribution in [2.75, 3.05) is 40.5 Å². The molecular formula is C15H33N3O2. The van der Waals surface area contributed by atoms with Crippen LogP contribution in [0.1, 0.15) is 46.0 Å². The van der Waals surface area contributed by atoms with Crippen molar-refractivity contribution in [3.8, 4) is 0 Å². The molecule has 0 aliphatic carbocycles. The summed E-state index contributed by atoms with van der Waals surface area (Å²) in [5.41, 5.74) is 0. The fourth-order valence-electron chi connectivity index (χ4n) is 1.86. The van der Waals surface area contributed by atoms with Gasteiger partial charge < -0.3 is 20.1 Å². The van der Waals surface area contributed by atoms with E-state index in [0.29, 0.717) is 25.9 Å². The van der Waals surface area contributed by atoms with E-state index < -0.39 is 0 Å². The molecule has 0 rings (SSSR count). The molecule has 0 fully saturated rings. The molecule has 5 heteroatoms. The van der Waals surface area contributed by atoms with Gasteiger partial charge in [-0.3, -0.25) is 4.99 Å². The highest BCUT2D eigenvalue weighted by atomic mass is 16.5. The van der Waals surface area contributed by atoms with E-state index in [0.717, 1.165) is 12.5 Å². The fourth-order valence-corrected chi connectivity index (χ4v) is 1.86. The maximum atomic E-state index is 5.40. The van der Waals surface area contributed by atoms with Gasteiger partial charge in [-0.15, -0.1) is 0 Å². The van der Waals surface area contributed by atoms with Gasteiger partial charge in [-0.1, -0.05) is 32.6 Å². The molecule has 0 radical (unpaired) electrons. The molecule has 0 spiro atoms. The van der Waals surface area contributed by atoms with E-state index in [9.17, 15) is 0 Å². The van der Waals surface area contributed by atoms with Crippen molar-refractivity contribution in [2.45, 2.75) is 52.0 Å². The second-order valence-corrected chi connectivity index (χ2v) is 5.00. The summed E-state index contributed by atoms with van der Waals surface area (Å²) in [6.07, 6.45) is 6.40. The van der Waals surface area contributed by atoms with E-state index in [-0.39, 0.29) is 0 Å². The number of nitrogens with zero attached hydrogens (tertiary/aromatic N) is 1. The molecule has 0 aliphatic rings. The van der Waals surface area contributed by atoms with Crippen LogP contribution >= 0.6 is 0 Å². The Bertz CT molecular complexity index is 235. The molecule has 20 heavy (non-hydrogen) atoms. The lowest BCUT2D eigenvalue weighted by molar-refractivity contribution is 0.0733. The molecular weight excluding hydrogens is 254 g/mol. The molecule has 0 saturated carbocycles. The summed E-state index contributed by atoms with van der Waals surface area (Å²) in [5, 5.41) is 6.66. The van der Waals surface area contributed by atoms with Crippen LogP contribution in [0.25, 0.3) is 0 Å². The topological polar surface area (TPSA) is 54.9 Å². The Balaban J connectivity index is 3.59. The number of rotatable bonds is 12. The smallest absolute Gasteiger partial charge is 0.191 e. The number of ether oxygens (including phenoxy) is 2. The highest BCUT2D eigenvalue weighted by Gasteiger charge is 2.04. The molecule has 5 nitrogen and oxygen atoms in total. The van der Waals surface area contributed by atoms with Crippen LogP contribution < -0.4 is 10.6 Å². The van der Waals surface area contributed by atoms with Crippen molar-refractivity contribution in [3.63, 3.8) is 0 Å². The molecule has 1 unspecified atom stereocenters. The molecule has 0 bridgehead atoms. The zero-order valence-electron chi connectivity index (χ0n) is 13.7.